The zero-order valence-corrected chi connectivity index (χ0v) is 12.3. The van der Waals surface area contributed by atoms with Crippen molar-refractivity contribution in [3.63, 3.8) is 0 Å². The number of nitrogens with two attached hydrogens (primary N) is 1. The Balaban J connectivity index is 3.33. The molecule has 18 heavy (non-hydrogen) atoms. The smallest absolute Gasteiger partial charge is 0.240 e. The molecular formula is C13H22N2O2S. The van der Waals surface area contributed by atoms with Crippen LogP contribution in [0.25, 0.3) is 0 Å². The topological polar surface area (TPSA) is 63.4 Å². The van der Waals surface area contributed by atoms with Crippen molar-refractivity contribution in [2.24, 2.45) is 0 Å². The third kappa shape index (κ3) is 2.77. The molecule has 0 saturated heterocycles. The minimum Gasteiger partial charge on any atom is -0.397 e. The number of nitrogen functional groups attached to an aromatic ring is 1. The molecule has 0 unspecified atom stereocenters. The van der Waals surface area contributed by atoms with E-state index in [0.717, 1.165) is 6.42 Å². The lowest BCUT2D eigenvalue weighted by Crippen LogP contribution is -2.43. The number of sulfonamides is 1. The van der Waals surface area contributed by atoms with Crippen LogP contribution in [0.1, 0.15) is 34.1 Å². The van der Waals surface area contributed by atoms with E-state index < -0.39 is 14.8 Å². The fourth-order valence-electron chi connectivity index (χ4n) is 1.62. The van der Waals surface area contributed by atoms with Crippen LogP contribution in [0.4, 0.5) is 11.4 Å². The predicted molar refractivity (Wildman–Crippen MR) is 77.2 cm³/mol. The molecule has 0 radical (unpaired) electrons. The van der Waals surface area contributed by atoms with Crippen molar-refractivity contribution < 1.29 is 8.42 Å². The molecule has 102 valence electrons. The molecule has 0 spiro atoms. The van der Waals surface area contributed by atoms with E-state index in [0.29, 0.717) is 17.9 Å². The fourth-order valence-corrected chi connectivity index (χ4v) is 3.13. The van der Waals surface area contributed by atoms with Gasteiger partial charge in [0.2, 0.25) is 10.0 Å². The van der Waals surface area contributed by atoms with Gasteiger partial charge in [0.25, 0.3) is 0 Å². The van der Waals surface area contributed by atoms with Crippen LogP contribution < -0.4 is 10.0 Å². The lowest BCUT2D eigenvalue weighted by atomic mass is 10.2. The first-order valence-electron chi connectivity index (χ1n) is 6.08. The quantitative estimate of drug-likeness (QED) is 0.855. The number of para-hydroxylation sites is 2. The van der Waals surface area contributed by atoms with Crippen molar-refractivity contribution in [2.75, 3.05) is 16.6 Å². The van der Waals surface area contributed by atoms with Crippen LogP contribution >= 0.6 is 0 Å². The van der Waals surface area contributed by atoms with Crippen molar-refractivity contribution in [3.05, 3.63) is 24.3 Å². The van der Waals surface area contributed by atoms with E-state index in [1.807, 2.05) is 6.92 Å². The molecule has 0 bridgehead atoms. The van der Waals surface area contributed by atoms with Gasteiger partial charge >= 0.3 is 0 Å². The molecule has 0 fully saturated rings. The van der Waals surface area contributed by atoms with Gasteiger partial charge < -0.3 is 5.73 Å². The van der Waals surface area contributed by atoms with Crippen LogP contribution in [0.5, 0.6) is 0 Å². The summed E-state index contributed by atoms with van der Waals surface area (Å²) in [6, 6.07) is 7.06. The molecule has 1 rings (SSSR count). The highest BCUT2D eigenvalue weighted by atomic mass is 32.2. The summed E-state index contributed by atoms with van der Waals surface area (Å²) in [7, 11) is -3.42. The zero-order chi connectivity index (χ0) is 14.0. The molecule has 2 N–H and O–H groups in total. The first-order chi connectivity index (χ1) is 8.21. The lowest BCUT2D eigenvalue weighted by Gasteiger charge is -2.32. The SMILES string of the molecule is CCCN(c1ccccc1N)S(=O)(=O)C(C)(C)C. The Labute approximate surface area is 110 Å². The lowest BCUT2D eigenvalue weighted by molar-refractivity contribution is 0.554. The van der Waals surface area contributed by atoms with Gasteiger partial charge in [-0.25, -0.2) is 8.42 Å². The maximum absolute atomic E-state index is 12.6. The number of hydrogen-bond acceptors (Lipinski definition) is 3. The van der Waals surface area contributed by atoms with E-state index >= 15 is 0 Å². The molecule has 1 aromatic carbocycles. The summed E-state index contributed by atoms with van der Waals surface area (Å²) in [6.07, 6.45) is 0.740. The molecule has 0 aromatic heterocycles. The number of benzene rings is 1. The summed E-state index contributed by atoms with van der Waals surface area (Å²) in [5, 5.41) is 0. The highest BCUT2D eigenvalue weighted by Gasteiger charge is 2.35. The molecule has 0 aliphatic rings. The Morgan fingerprint density at radius 1 is 1.22 bits per heavy atom. The molecule has 0 heterocycles. The van der Waals surface area contributed by atoms with Crippen LogP contribution in [-0.4, -0.2) is 19.7 Å². The standard InChI is InChI=1S/C13H22N2O2S/c1-5-10-15(18(16,17)13(2,3)4)12-9-7-6-8-11(12)14/h6-9H,5,10,14H2,1-4H3. The van der Waals surface area contributed by atoms with Crippen LogP contribution in [0.2, 0.25) is 0 Å². The maximum Gasteiger partial charge on any atom is 0.240 e. The van der Waals surface area contributed by atoms with Gasteiger partial charge in [-0.3, -0.25) is 4.31 Å². The molecule has 0 saturated carbocycles. The summed E-state index contributed by atoms with van der Waals surface area (Å²) in [5.74, 6) is 0. The molecular weight excluding hydrogens is 248 g/mol. The summed E-state index contributed by atoms with van der Waals surface area (Å²) < 4.78 is 25.7. The molecule has 0 aliphatic carbocycles. The van der Waals surface area contributed by atoms with Crippen LogP contribution in [-0.2, 0) is 10.0 Å². The predicted octanol–water partition coefficient (Wildman–Crippen LogP) is 2.61. The summed E-state index contributed by atoms with van der Waals surface area (Å²) >= 11 is 0. The normalized spacial score (nSPS) is 12.4. The highest BCUT2D eigenvalue weighted by Crippen LogP contribution is 2.30. The van der Waals surface area contributed by atoms with Gasteiger partial charge in [0.15, 0.2) is 0 Å². The third-order valence-electron chi connectivity index (χ3n) is 2.70. The van der Waals surface area contributed by atoms with E-state index in [9.17, 15) is 8.42 Å². The first kappa shape index (κ1) is 14.8. The van der Waals surface area contributed by atoms with E-state index in [1.54, 1.807) is 45.0 Å². The van der Waals surface area contributed by atoms with Crippen molar-refractivity contribution in [1.82, 2.24) is 0 Å². The van der Waals surface area contributed by atoms with Crippen LogP contribution in [0, 0.1) is 0 Å². The maximum atomic E-state index is 12.6. The summed E-state index contributed by atoms with van der Waals surface area (Å²) in [4.78, 5) is 0. The Hall–Kier alpha value is -1.23. The van der Waals surface area contributed by atoms with Gasteiger partial charge in [0.1, 0.15) is 0 Å². The zero-order valence-electron chi connectivity index (χ0n) is 11.5. The van der Waals surface area contributed by atoms with Gasteiger partial charge in [-0.05, 0) is 39.3 Å². The second-order valence-corrected chi connectivity index (χ2v) is 7.86. The summed E-state index contributed by atoms with van der Waals surface area (Å²) in [5.41, 5.74) is 6.93. The Kier molecular flexibility index (Phi) is 4.27. The largest absolute Gasteiger partial charge is 0.397 e. The first-order valence-corrected chi connectivity index (χ1v) is 7.52. The van der Waals surface area contributed by atoms with Crippen LogP contribution in [0.3, 0.4) is 0 Å². The molecule has 0 aliphatic heterocycles. The molecule has 1 aromatic rings. The Bertz CT molecular complexity index is 504. The van der Waals surface area contributed by atoms with Gasteiger partial charge in [0.05, 0.1) is 16.1 Å². The molecule has 0 amide bonds. The molecule has 5 heteroatoms. The van der Waals surface area contributed by atoms with E-state index in [1.165, 1.54) is 4.31 Å². The number of rotatable bonds is 4. The van der Waals surface area contributed by atoms with Gasteiger partial charge in [0, 0.05) is 6.54 Å². The van der Waals surface area contributed by atoms with E-state index in [2.05, 4.69) is 0 Å². The van der Waals surface area contributed by atoms with Crippen molar-refractivity contribution in [2.45, 2.75) is 38.9 Å². The third-order valence-corrected chi connectivity index (χ3v) is 5.20. The minimum atomic E-state index is -3.42. The average Bonchev–Trinajstić information content (AvgIpc) is 2.25. The van der Waals surface area contributed by atoms with Gasteiger partial charge in [-0.2, -0.15) is 0 Å². The Morgan fingerprint density at radius 3 is 2.22 bits per heavy atom. The second kappa shape index (κ2) is 5.18. The van der Waals surface area contributed by atoms with Crippen molar-refractivity contribution in [3.8, 4) is 0 Å². The molecule has 4 nitrogen and oxygen atoms in total. The fraction of sp³-hybridized carbons (Fsp3) is 0.538. The molecule has 0 atom stereocenters. The monoisotopic (exact) mass is 270 g/mol. The van der Waals surface area contributed by atoms with Crippen molar-refractivity contribution >= 4 is 21.4 Å². The van der Waals surface area contributed by atoms with Crippen LogP contribution in [0.15, 0.2) is 24.3 Å². The average molecular weight is 270 g/mol. The number of nitrogens with zero attached hydrogens (tertiary/aromatic N) is 1. The van der Waals surface area contributed by atoms with Gasteiger partial charge in [-0.1, -0.05) is 19.1 Å². The summed E-state index contributed by atoms with van der Waals surface area (Å²) in [6.45, 7) is 7.48. The number of anilines is 2. The number of hydrogen-bond donors (Lipinski definition) is 1. The van der Waals surface area contributed by atoms with Crippen molar-refractivity contribution in [1.29, 1.82) is 0 Å². The van der Waals surface area contributed by atoms with E-state index in [4.69, 9.17) is 5.73 Å². The van der Waals surface area contributed by atoms with E-state index in [-0.39, 0.29) is 0 Å². The highest BCUT2D eigenvalue weighted by molar-refractivity contribution is 7.94. The second-order valence-electron chi connectivity index (χ2n) is 5.25. The Morgan fingerprint density at radius 2 is 1.78 bits per heavy atom. The minimum absolute atomic E-state index is 0.438. The van der Waals surface area contributed by atoms with Gasteiger partial charge in [-0.15, -0.1) is 0 Å².